The molecule has 0 N–H and O–H groups in total. The lowest BCUT2D eigenvalue weighted by molar-refractivity contribution is -0.138. The Morgan fingerprint density at radius 3 is 2.46 bits per heavy atom. The number of esters is 1. The van der Waals surface area contributed by atoms with Crippen molar-refractivity contribution in [2.45, 2.75) is 25.5 Å². The first-order valence-electron chi connectivity index (χ1n) is 8.97. The van der Waals surface area contributed by atoms with Gasteiger partial charge < -0.3 is 4.74 Å². The number of hydrogen-bond acceptors (Lipinski definition) is 5. The Labute approximate surface area is 168 Å². The molecule has 1 aliphatic rings. The van der Waals surface area contributed by atoms with Crippen molar-refractivity contribution in [3.63, 3.8) is 0 Å². The maximum atomic E-state index is 13.2. The number of anilines is 1. The number of nitriles is 1. The minimum Gasteiger partial charge on any atom is -0.462 e. The summed E-state index contributed by atoms with van der Waals surface area (Å²) in [6, 6.07) is 19.0. The Bertz CT molecular complexity index is 946. The van der Waals surface area contributed by atoms with Gasteiger partial charge in [-0.1, -0.05) is 59.8 Å². The highest BCUT2D eigenvalue weighted by atomic mass is 32.2. The van der Waals surface area contributed by atoms with E-state index in [1.807, 2.05) is 55.5 Å². The van der Waals surface area contributed by atoms with E-state index in [-0.39, 0.29) is 18.1 Å². The fourth-order valence-electron chi connectivity index (χ4n) is 2.93. The average molecular weight is 392 g/mol. The summed E-state index contributed by atoms with van der Waals surface area (Å²) in [5, 5.41) is 9.49. The predicted octanol–water partition coefficient (Wildman–Crippen LogP) is 3.98. The molecular formula is C22H20N2O3S. The SMILES string of the molecule is CCOC(=O)/C(C#N)=C1/S[C@H](Cc2ccc(C)cc2)C(=O)N1c1ccccc1. The van der Waals surface area contributed by atoms with Gasteiger partial charge in [-0.2, -0.15) is 5.26 Å². The molecule has 6 heteroatoms. The number of carbonyl (C=O) groups is 2. The Hall–Kier alpha value is -3.04. The molecule has 0 spiro atoms. The van der Waals surface area contributed by atoms with Crippen LogP contribution in [0.5, 0.6) is 0 Å². The number of para-hydroxylation sites is 1. The van der Waals surface area contributed by atoms with Crippen molar-refractivity contribution in [2.24, 2.45) is 0 Å². The summed E-state index contributed by atoms with van der Waals surface area (Å²) in [7, 11) is 0. The number of amides is 1. The number of carbonyl (C=O) groups excluding carboxylic acids is 2. The number of aryl methyl sites for hydroxylation is 1. The molecule has 142 valence electrons. The molecule has 5 nitrogen and oxygen atoms in total. The second-order valence-electron chi connectivity index (χ2n) is 6.32. The van der Waals surface area contributed by atoms with Gasteiger partial charge in [-0.25, -0.2) is 4.79 Å². The van der Waals surface area contributed by atoms with E-state index in [1.54, 1.807) is 19.1 Å². The predicted molar refractivity (Wildman–Crippen MR) is 109 cm³/mol. The lowest BCUT2D eigenvalue weighted by atomic mass is 10.1. The number of rotatable bonds is 5. The maximum Gasteiger partial charge on any atom is 0.351 e. The van der Waals surface area contributed by atoms with Crippen molar-refractivity contribution in [2.75, 3.05) is 11.5 Å². The highest BCUT2D eigenvalue weighted by molar-refractivity contribution is 8.05. The molecule has 0 unspecified atom stereocenters. The molecule has 0 radical (unpaired) electrons. The third-order valence-electron chi connectivity index (χ3n) is 4.31. The van der Waals surface area contributed by atoms with Crippen molar-refractivity contribution in [1.29, 1.82) is 5.26 Å². The smallest absolute Gasteiger partial charge is 0.351 e. The molecule has 1 saturated heterocycles. The number of nitrogens with zero attached hydrogens (tertiary/aromatic N) is 2. The largest absolute Gasteiger partial charge is 0.462 e. The average Bonchev–Trinajstić information content (AvgIpc) is 3.01. The first-order chi connectivity index (χ1) is 13.5. The number of benzene rings is 2. The molecule has 1 fully saturated rings. The second kappa shape index (κ2) is 8.77. The van der Waals surface area contributed by atoms with Gasteiger partial charge in [0.1, 0.15) is 11.1 Å². The number of thioether (sulfide) groups is 1. The van der Waals surface area contributed by atoms with Crippen LogP contribution in [0.4, 0.5) is 5.69 Å². The maximum absolute atomic E-state index is 13.2. The van der Waals surface area contributed by atoms with Gasteiger partial charge in [0.15, 0.2) is 5.57 Å². The van der Waals surface area contributed by atoms with E-state index < -0.39 is 11.2 Å². The van der Waals surface area contributed by atoms with Crippen molar-refractivity contribution >= 4 is 29.3 Å². The highest BCUT2D eigenvalue weighted by Crippen LogP contribution is 2.41. The summed E-state index contributed by atoms with van der Waals surface area (Å²) in [5.74, 6) is -0.860. The minimum atomic E-state index is -0.711. The van der Waals surface area contributed by atoms with Gasteiger partial charge in [0.25, 0.3) is 0 Å². The molecular weight excluding hydrogens is 372 g/mol. The molecule has 0 bridgehead atoms. The van der Waals surface area contributed by atoms with E-state index in [0.717, 1.165) is 11.1 Å². The van der Waals surface area contributed by atoms with Crippen molar-refractivity contribution < 1.29 is 14.3 Å². The van der Waals surface area contributed by atoms with Crippen LogP contribution in [-0.4, -0.2) is 23.7 Å². The Kier molecular flexibility index (Phi) is 6.17. The van der Waals surface area contributed by atoms with Gasteiger partial charge in [0, 0.05) is 5.69 Å². The molecule has 2 aromatic carbocycles. The van der Waals surface area contributed by atoms with Gasteiger partial charge in [-0.3, -0.25) is 9.69 Å². The zero-order valence-corrected chi connectivity index (χ0v) is 16.5. The zero-order chi connectivity index (χ0) is 20.1. The van der Waals surface area contributed by atoms with Gasteiger partial charge in [-0.05, 0) is 38.0 Å². The normalized spacial score (nSPS) is 18.0. The van der Waals surface area contributed by atoms with Crippen molar-refractivity contribution in [3.05, 3.63) is 76.3 Å². The monoisotopic (exact) mass is 392 g/mol. The summed E-state index contributed by atoms with van der Waals surface area (Å²) in [5.41, 5.74) is 2.66. The summed E-state index contributed by atoms with van der Waals surface area (Å²) in [6.07, 6.45) is 0.512. The molecule has 1 atom stereocenters. The summed E-state index contributed by atoms with van der Waals surface area (Å²) in [4.78, 5) is 26.9. The van der Waals surface area contributed by atoms with E-state index in [4.69, 9.17) is 4.74 Å². The van der Waals surface area contributed by atoms with Crippen LogP contribution < -0.4 is 4.90 Å². The molecule has 1 aliphatic heterocycles. The van der Waals surface area contributed by atoms with Gasteiger partial charge in [0.05, 0.1) is 11.9 Å². The number of hydrogen-bond donors (Lipinski definition) is 0. The lowest BCUT2D eigenvalue weighted by Gasteiger charge is -2.18. The minimum absolute atomic E-state index is 0.143. The Morgan fingerprint density at radius 2 is 1.86 bits per heavy atom. The molecule has 0 aromatic heterocycles. The topological polar surface area (TPSA) is 70.4 Å². The first kappa shape index (κ1) is 19.7. The van der Waals surface area contributed by atoms with Crippen LogP contribution in [0.2, 0.25) is 0 Å². The van der Waals surface area contributed by atoms with E-state index in [2.05, 4.69) is 0 Å². The van der Waals surface area contributed by atoms with Crippen LogP contribution in [0.15, 0.2) is 65.2 Å². The van der Waals surface area contributed by atoms with Crippen LogP contribution in [-0.2, 0) is 20.7 Å². The Morgan fingerprint density at radius 1 is 1.18 bits per heavy atom. The van der Waals surface area contributed by atoms with Crippen LogP contribution in [0, 0.1) is 18.3 Å². The van der Waals surface area contributed by atoms with E-state index in [0.29, 0.717) is 17.1 Å². The van der Waals surface area contributed by atoms with Gasteiger partial charge in [0.2, 0.25) is 5.91 Å². The molecule has 0 saturated carbocycles. The summed E-state index contributed by atoms with van der Waals surface area (Å²) >= 11 is 1.24. The van der Waals surface area contributed by atoms with Crippen LogP contribution in [0.1, 0.15) is 18.1 Å². The lowest BCUT2D eigenvalue weighted by Crippen LogP contribution is -2.30. The van der Waals surface area contributed by atoms with Crippen LogP contribution in [0.25, 0.3) is 0 Å². The molecule has 0 aliphatic carbocycles. The first-order valence-corrected chi connectivity index (χ1v) is 9.85. The van der Waals surface area contributed by atoms with E-state index in [9.17, 15) is 14.9 Å². The fraction of sp³-hybridized carbons (Fsp3) is 0.227. The summed E-state index contributed by atoms with van der Waals surface area (Å²) in [6.45, 7) is 3.85. The van der Waals surface area contributed by atoms with Crippen LogP contribution in [0.3, 0.4) is 0 Å². The van der Waals surface area contributed by atoms with Crippen molar-refractivity contribution in [3.8, 4) is 6.07 Å². The molecule has 1 heterocycles. The molecule has 1 amide bonds. The fourth-order valence-corrected chi connectivity index (χ4v) is 4.22. The molecule has 2 aromatic rings. The highest BCUT2D eigenvalue weighted by Gasteiger charge is 2.41. The van der Waals surface area contributed by atoms with Crippen molar-refractivity contribution in [1.82, 2.24) is 0 Å². The third kappa shape index (κ3) is 4.10. The second-order valence-corrected chi connectivity index (χ2v) is 7.51. The quantitative estimate of drug-likeness (QED) is 0.437. The standard InChI is InChI=1S/C22H20N2O3S/c1-3-27-22(26)18(14-23)21-24(17-7-5-4-6-8-17)20(25)19(28-21)13-16-11-9-15(2)10-12-16/h4-12,19H,3,13H2,1-2H3/b21-18+/t19-/m1/s1. The van der Waals surface area contributed by atoms with Crippen LogP contribution >= 0.6 is 11.8 Å². The third-order valence-corrected chi connectivity index (χ3v) is 5.58. The molecule has 3 rings (SSSR count). The van der Waals surface area contributed by atoms with Gasteiger partial charge in [-0.15, -0.1) is 0 Å². The van der Waals surface area contributed by atoms with E-state index in [1.165, 1.54) is 16.7 Å². The number of ether oxygens (including phenoxy) is 1. The zero-order valence-electron chi connectivity index (χ0n) is 15.7. The summed E-state index contributed by atoms with van der Waals surface area (Å²) < 4.78 is 5.02. The Balaban J connectivity index is 2.01. The van der Waals surface area contributed by atoms with Gasteiger partial charge >= 0.3 is 5.97 Å². The van der Waals surface area contributed by atoms with E-state index >= 15 is 0 Å². The molecule has 28 heavy (non-hydrogen) atoms.